The van der Waals surface area contributed by atoms with Crippen LogP contribution < -0.4 is 0 Å². The molecule has 0 unspecified atom stereocenters. The van der Waals surface area contributed by atoms with Gasteiger partial charge in [0.2, 0.25) is 0 Å². The number of rotatable bonds is 5. The molecule has 1 aliphatic rings. The van der Waals surface area contributed by atoms with E-state index in [1.54, 1.807) is 0 Å². The van der Waals surface area contributed by atoms with Gasteiger partial charge in [-0.1, -0.05) is 31.2 Å². The van der Waals surface area contributed by atoms with Gasteiger partial charge in [-0.25, -0.2) is 0 Å². The molecule has 17 heavy (non-hydrogen) atoms. The Morgan fingerprint density at radius 3 is 2.47 bits per heavy atom. The zero-order chi connectivity index (χ0) is 13.2. The Morgan fingerprint density at radius 1 is 1.47 bits per heavy atom. The lowest BCUT2D eigenvalue weighted by molar-refractivity contribution is 0.0213. The maximum atomic E-state index is 10.1. The summed E-state index contributed by atoms with van der Waals surface area (Å²) in [6, 6.07) is 0. The van der Waals surface area contributed by atoms with Gasteiger partial charge in [0.25, 0.3) is 0 Å². The third-order valence-electron chi connectivity index (χ3n) is 4.38. The molecule has 1 rings (SSSR count). The molecule has 0 heterocycles. The molecule has 0 amide bonds. The van der Waals surface area contributed by atoms with E-state index in [9.17, 15) is 10.2 Å². The van der Waals surface area contributed by atoms with E-state index in [0.717, 1.165) is 30.4 Å². The molecule has 0 radical (unpaired) electrons. The van der Waals surface area contributed by atoms with Gasteiger partial charge < -0.3 is 10.2 Å². The van der Waals surface area contributed by atoms with Crippen LogP contribution in [0.5, 0.6) is 0 Å². The summed E-state index contributed by atoms with van der Waals surface area (Å²) in [7, 11) is 0. The summed E-state index contributed by atoms with van der Waals surface area (Å²) in [4.78, 5) is 0. The molecule has 1 aliphatic carbocycles. The second-order valence-electron chi connectivity index (χ2n) is 5.85. The Labute approximate surface area is 105 Å². The summed E-state index contributed by atoms with van der Waals surface area (Å²) in [6.45, 7) is 13.7. The van der Waals surface area contributed by atoms with Crippen molar-refractivity contribution in [3.8, 4) is 0 Å². The molecule has 0 spiro atoms. The molecule has 2 heteroatoms. The van der Waals surface area contributed by atoms with Gasteiger partial charge in [0.05, 0.1) is 11.7 Å². The van der Waals surface area contributed by atoms with Crippen LogP contribution in [-0.4, -0.2) is 21.9 Å². The van der Waals surface area contributed by atoms with Crippen LogP contribution >= 0.6 is 0 Å². The molecule has 0 aliphatic heterocycles. The normalized spacial score (nSPS) is 34.6. The molecule has 98 valence electrons. The molecule has 0 aromatic carbocycles. The fourth-order valence-electron chi connectivity index (χ4n) is 2.67. The fourth-order valence-corrected chi connectivity index (χ4v) is 2.67. The first-order valence-corrected chi connectivity index (χ1v) is 6.49. The van der Waals surface area contributed by atoms with Crippen molar-refractivity contribution in [3.63, 3.8) is 0 Å². The minimum Gasteiger partial charge on any atom is -0.390 e. The van der Waals surface area contributed by atoms with E-state index in [-0.39, 0.29) is 5.92 Å². The van der Waals surface area contributed by atoms with E-state index in [1.807, 2.05) is 13.8 Å². The van der Waals surface area contributed by atoms with Gasteiger partial charge in [-0.05, 0) is 51.4 Å². The summed E-state index contributed by atoms with van der Waals surface area (Å²) in [5.74, 6) is 0.652. The van der Waals surface area contributed by atoms with Crippen LogP contribution in [0.3, 0.4) is 0 Å². The number of aliphatic hydroxyl groups excluding tert-OH is 1. The highest BCUT2D eigenvalue weighted by Gasteiger charge is 2.41. The Bertz CT molecular complexity index is 304. The highest BCUT2D eigenvalue weighted by molar-refractivity contribution is 5.10. The summed E-state index contributed by atoms with van der Waals surface area (Å²) in [6.07, 6.45) is 2.94. The number of allylic oxidation sites excluding steroid dienone is 1. The van der Waals surface area contributed by atoms with Crippen LogP contribution in [0.2, 0.25) is 0 Å². The minimum atomic E-state index is -0.555. The Hall–Kier alpha value is -0.600. The summed E-state index contributed by atoms with van der Waals surface area (Å²) >= 11 is 0. The second-order valence-corrected chi connectivity index (χ2v) is 5.85. The van der Waals surface area contributed by atoms with Gasteiger partial charge in [-0.2, -0.15) is 0 Å². The highest BCUT2D eigenvalue weighted by Crippen LogP contribution is 2.44. The molecule has 1 fully saturated rings. The van der Waals surface area contributed by atoms with Gasteiger partial charge in [0.1, 0.15) is 0 Å². The molecule has 1 saturated carbocycles. The number of aliphatic hydroxyl groups is 2. The van der Waals surface area contributed by atoms with Crippen LogP contribution in [0, 0.1) is 11.8 Å². The van der Waals surface area contributed by atoms with Gasteiger partial charge in [0.15, 0.2) is 0 Å². The van der Waals surface area contributed by atoms with Crippen LogP contribution in [0.4, 0.5) is 0 Å². The predicted molar refractivity (Wildman–Crippen MR) is 71.7 cm³/mol. The second kappa shape index (κ2) is 5.36. The van der Waals surface area contributed by atoms with Crippen molar-refractivity contribution in [2.75, 3.05) is 0 Å². The van der Waals surface area contributed by atoms with Crippen molar-refractivity contribution in [3.05, 3.63) is 24.3 Å². The van der Waals surface area contributed by atoms with Crippen molar-refractivity contribution in [1.82, 2.24) is 0 Å². The number of hydrogen-bond acceptors (Lipinski definition) is 2. The lowest BCUT2D eigenvalue weighted by Gasteiger charge is -2.27. The lowest BCUT2D eigenvalue weighted by Crippen LogP contribution is -2.29. The van der Waals surface area contributed by atoms with Crippen LogP contribution in [0.15, 0.2) is 24.3 Å². The maximum Gasteiger partial charge on any atom is 0.0747 e. The first-order chi connectivity index (χ1) is 7.75. The van der Waals surface area contributed by atoms with Crippen molar-refractivity contribution < 1.29 is 10.2 Å². The first-order valence-electron chi connectivity index (χ1n) is 6.49. The smallest absolute Gasteiger partial charge is 0.0747 e. The lowest BCUT2D eigenvalue weighted by atomic mass is 9.83. The van der Waals surface area contributed by atoms with Crippen molar-refractivity contribution >= 4 is 0 Å². The molecule has 0 bridgehead atoms. The predicted octanol–water partition coefficient (Wildman–Crippen LogP) is 3.06. The summed E-state index contributed by atoms with van der Waals surface area (Å²) < 4.78 is 0. The zero-order valence-electron chi connectivity index (χ0n) is 11.4. The Balaban J connectivity index is 2.47. The van der Waals surface area contributed by atoms with Crippen molar-refractivity contribution in [2.45, 2.75) is 58.2 Å². The van der Waals surface area contributed by atoms with E-state index in [4.69, 9.17) is 0 Å². The van der Waals surface area contributed by atoms with Crippen LogP contribution in [0.1, 0.15) is 46.5 Å². The Kier molecular flexibility index (Phi) is 4.56. The quantitative estimate of drug-likeness (QED) is 0.723. The third kappa shape index (κ3) is 3.43. The van der Waals surface area contributed by atoms with E-state index >= 15 is 0 Å². The van der Waals surface area contributed by atoms with Gasteiger partial charge >= 0.3 is 0 Å². The average Bonchev–Trinajstić information content (AvgIpc) is 2.50. The van der Waals surface area contributed by atoms with E-state index < -0.39 is 11.7 Å². The largest absolute Gasteiger partial charge is 0.390 e. The summed E-state index contributed by atoms with van der Waals surface area (Å²) in [5, 5.41) is 19.8. The molecule has 4 atom stereocenters. The van der Waals surface area contributed by atoms with E-state index in [0.29, 0.717) is 12.3 Å². The zero-order valence-corrected chi connectivity index (χ0v) is 11.4. The maximum absolute atomic E-state index is 10.1. The SMILES string of the molecule is C=C(C)[C@H](O)CCC(=C)[C@@H]1CC[C@@](C)(O)[C@H]1C. The summed E-state index contributed by atoms with van der Waals surface area (Å²) in [5.41, 5.74) is 1.42. The van der Waals surface area contributed by atoms with E-state index in [2.05, 4.69) is 20.1 Å². The molecule has 0 saturated heterocycles. The fraction of sp³-hybridized carbons (Fsp3) is 0.733. The molecule has 0 aromatic heterocycles. The molecular formula is C15H26O2. The third-order valence-corrected chi connectivity index (χ3v) is 4.38. The average molecular weight is 238 g/mol. The van der Waals surface area contributed by atoms with Crippen molar-refractivity contribution in [2.24, 2.45) is 11.8 Å². The molecule has 2 N–H and O–H groups in total. The minimum absolute atomic E-state index is 0.261. The van der Waals surface area contributed by atoms with Crippen molar-refractivity contribution in [1.29, 1.82) is 0 Å². The van der Waals surface area contributed by atoms with Gasteiger partial charge in [0, 0.05) is 0 Å². The highest BCUT2D eigenvalue weighted by atomic mass is 16.3. The van der Waals surface area contributed by atoms with Crippen LogP contribution in [0.25, 0.3) is 0 Å². The topological polar surface area (TPSA) is 40.5 Å². The molecule has 2 nitrogen and oxygen atoms in total. The molecular weight excluding hydrogens is 212 g/mol. The molecule has 0 aromatic rings. The first kappa shape index (κ1) is 14.5. The number of hydrogen-bond donors (Lipinski definition) is 2. The van der Waals surface area contributed by atoms with Crippen LogP contribution in [-0.2, 0) is 0 Å². The standard InChI is InChI=1S/C15H26O2/c1-10(2)14(16)7-6-11(3)13-8-9-15(5,17)12(13)4/h12-14,16-17H,1,3,6-9H2,2,4-5H3/t12-,13-,14+,15+/m0/s1. The van der Waals surface area contributed by atoms with Gasteiger partial charge in [-0.15, -0.1) is 0 Å². The van der Waals surface area contributed by atoms with Gasteiger partial charge in [-0.3, -0.25) is 0 Å². The van der Waals surface area contributed by atoms with E-state index in [1.165, 1.54) is 0 Å². The Morgan fingerprint density at radius 2 is 2.06 bits per heavy atom. The monoisotopic (exact) mass is 238 g/mol.